The van der Waals surface area contributed by atoms with E-state index >= 15 is 0 Å². The average Bonchev–Trinajstić information content (AvgIpc) is 3.16. The molecule has 1 amide bonds. The molecule has 0 saturated heterocycles. The van der Waals surface area contributed by atoms with E-state index in [0.717, 1.165) is 35.5 Å². The van der Waals surface area contributed by atoms with Crippen LogP contribution in [-0.2, 0) is 13.1 Å². The van der Waals surface area contributed by atoms with E-state index in [9.17, 15) is 9.18 Å². The number of aryl methyl sites for hydroxylation is 2. The maximum Gasteiger partial charge on any atom is 0.258 e. The Kier molecular flexibility index (Phi) is 4.27. The molecule has 0 radical (unpaired) electrons. The Hall–Kier alpha value is -2.71. The number of carbonyl (C=O) groups is 1. The van der Waals surface area contributed by atoms with Gasteiger partial charge in [0.1, 0.15) is 18.2 Å². The molecular weight excluding hydrogens is 409 g/mol. The molecule has 1 aliphatic heterocycles. The second-order valence-electron chi connectivity index (χ2n) is 8.21. The lowest BCUT2D eigenvalue weighted by molar-refractivity contribution is 0.0744. The Morgan fingerprint density at radius 2 is 2.10 bits per heavy atom. The van der Waals surface area contributed by atoms with Gasteiger partial charge >= 0.3 is 0 Å². The van der Waals surface area contributed by atoms with Gasteiger partial charge in [-0.05, 0) is 38.8 Å². The van der Waals surface area contributed by atoms with Crippen LogP contribution in [0, 0.1) is 19.7 Å². The lowest BCUT2D eigenvalue weighted by Gasteiger charge is -2.19. The number of hydrogen-bond donors (Lipinski definition) is 1. The number of fused-ring (bicyclic) bond motifs is 3. The fourth-order valence-electron chi connectivity index (χ4n) is 3.75. The number of ether oxygens (including phenoxy) is 1. The SMILES string of the molecule is Cc1nc2c3c(nn2c(C)c1Cl)CN(C(=O)c1ccc(F)cc1OCC1(N)CC1)C3. The van der Waals surface area contributed by atoms with Gasteiger partial charge in [-0.2, -0.15) is 5.10 Å². The normalized spacial score (nSPS) is 16.8. The fraction of sp³-hybridized carbons (Fsp3) is 0.381. The third kappa shape index (κ3) is 3.11. The zero-order chi connectivity index (χ0) is 21.2. The highest BCUT2D eigenvalue weighted by Gasteiger charge is 2.39. The number of nitrogens with two attached hydrogens (primary N) is 1. The lowest BCUT2D eigenvalue weighted by atomic mass is 10.1. The monoisotopic (exact) mass is 429 g/mol. The van der Waals surface area contributed by atoms with Gasteiger partial charge in [-0.25, -0.2) is 13.9 Å². The number of benzene rings is 1. The first kappa shape index (κ1) is 19.3. The number of hydrogen-bond acceptors (Lipinski definition) is 5. The summed E-state index contributed by atoms with van der Waals surface area (Å²) < 4.78 is 21.3. The molecule has 3 heterocycles. The highest BCUT2D eigenvalue weighted by molar-refractivity contribution is 6.31. The van der Waals surface area contributed by atoms with E-state index in [2.05, 4.69) is 10.1 Å². The summed E-state index contributed by atoms with van der Waals surface area (Å²) in [6.07, 6.45) is 1.73. The molecule has 0 spiro atoms. The topological polar surface area (TPSA) is 85.8 Å². The van der Waals surface area contributed by atoms with Crippen molar-refractivity contribution < 1.29 is 13.9 Å². The molecule has 1 saturated carbocycles. The molecule has 156 valence electrons. The second-order valence-corrected chi connectivity index (χ2v) is 8.59. The molecule has 3 aromatic rings. The summed E-state index contributed by atoms with van der Waals surface area (Å²) in [6.45, 7) is 4.70. The molecule has 2 aliphatic rings. The zero-order valence-corrected chi connectivity index (χ0v) is 17.5. The van der Waals surface area contributed by atoms with Gasteiger partial charge in [0.25, 0.3) is 5.91 Å². The Morgan fingerprint density at radius 1 is 1.33 bits per heavy atom. The van der Waals surface area contributed by atoms with Crippen molar-refractivity contribution in [3.63, 3.8) is 0 Å². The molecule has 5 rings (SSSR count). The quantitative estimate of drug-likeness (QED) is 0.688. The number of nitrogens with zero attached hydrogens (tertiary/aromatic N) is 4. The molecule has 1 aromatic carbocycles. The van der Waals surface area contributed by atoms with Gasteiger partial charge in [-0.1, -0.05) is 11.6 Å². The minimum Gasteiger partial charge on any atom is -0.491 e. The molecule has 7 nitrogen and oxygen atoms in total. The number of carbonyl (C=O) groups excluding carboxylic acids is 1. The van der Waals surface area contributed by atoms with Crippen LogP contribution in [-0.4, -0.2) is 37.6 Å². The fourth-order valence-corrected chi connectivity index (χ4v) is 3.87. The lowest BCUT2D eigenvalue weighted by Crippen LogP contribution is -2.31. The average molecular weight is 430 g/mol. The van der Waals surface area contributed by atoms with Crippen molar-refractivity contribution in [3.05, 3.63) is 57.2 Å². The largest absolute Gasteiger partial charge is 0.491 e. The third-order valence-electron chi connectivity index (χ3n) is 5.82. The maximum atomic E-state index is 13.8. The van der Waals surface area contributed by atoms with Crippen LogP contribution < -0.4 is 10.5 Å². The highest BCUT2D eigenvalue weighted by atomic mass is 35.5. The first-order valence-corrected chi connectivity index (χ1v) is 10.2. The summed E-state index contributed by atoms with van der Waals surface area (Å²) in [5.74, 6) is -0.490. The summed E-state index contributed by atoms with van der Waals surface area (Å²) in [4.78, 5) is 19.5. The molecular formula is C21H21ClFN5O2. The van der Waals surface area contributed by atoms with Crippen LogP contribution in [0.4, 0.5) is 4.39 Å². The summed E-state index contributed by atoms with van der Waals surface area (Å²) in [5, 5.41) is 5.18. The van der Waals surface area contributed by atoms with E-state index in [-0.39, 0.29) is 23.8 Å². The van der Waals surface area contributed by atoms with Crippen LogP contribution in [0.2, 0.25) is 5.02 Å². The minimum absolute atomic E-state index is 0.215. The van der Waals surface area contributed by atoms with Crippen LogP contribution >= 0.6 is 11.6 Å². The van der Waals surface area contributed by atoms with Crippen molar-refractivity contribution >= 4 is 23.2 Å². The van der Waals surface area contributed by atoms with Gasteiger partial charge < -0.3 is 15.4 Å². The van der Waals surface area contributed by atoms with Gasteiger partial charge in [-0.3, -0.25) is 4.79 Å². The Bertz CT molecular complexity index is 1200. The van der Waals surface area contributed by atoms with Gasteiger partial charge in [0.05, 0.1) is 46.3 Å². The summed E-state index contributed by atoms with van der Waals surface area (Å²) in [6, 6.07) is 3.96. The van der Waals surface area contributed by atoms with E-state index in [0.29, 0.717) is 29.3 Å². The van der Waals surface area contributed by atoms with Crippen molar-refractivity contribution in [2.75, 3.05) is 6.61 Å². The summed E-state index contributed by atoms with van der Waals surface area (Å²) in [5.41, 5.74) is 9.93. The number of amides is 1. The molecule has 1 fully saturated rings. The Balaban J connectivity index is 1.43. The standard InChI is InChI=1S/C21H21ClFN5O2/c1-11-18(22)12(2)28-19(25-11)15-8-27(9-16(15)26-28)20(29)14-4-3-13(23)7-17(14)30-10-21(24)5-6-21/h3-4,7H,5-6,8-10,24H2,1-2H3. The van der Waals surface area contributed by atoms with E-state index in [1.165, 1.54) is 18.2 Å². The summed E-state index contributed by atoms with van der Waals surface area (Å²) >= 11 is 6.29. The van der Waals surface area contributed by atoms with Gasteiger partial charge in [0.2, 0.25) is 0 Å². The molecule has 1 aliphatic carbocycles. The second kappa shape index (κ2) is 6.65. The van der Waals surface area contributed by atoms with Crippen LogP contribution in [0.1, 0.15) is 45.8 Å². The van der Waals surface area contributed by atoms with Crippen LogP contribution in [0.15, 0.2) is 18.2 Å². The molecule has 9 heteroatoms. The molecule has 30 heavy (non-hydrogen) atoms. The van der Waals surface area contributed by atoms with Gasteiger partial charge in [0, 0.05) is 11.6 Å². The molecule has 0 atom stereocenters. The van der Waals surface area contributed by atoms with Crippen molar-refractivity contribution in [2.45, 2.75) is 45.3 Å². The van der Waals surface area contributed by atoms with Crippen LogP contribution in [0.25, 0.3) is 5.65 Å². The van der Waals surface area contributed by atoms with Crippen molar-refractivity contribution in [1.82, 2.24) is 19.5 Å². The van der Waals surface area contributed by atoms with E-state index in [1.54, 1.807) is 9.42 Å². The number of halogens is 2. The molecule has 0 unspecified atom stereocenters. The number of aromatic nitrogens is 3. The minimum atomic E-state index is -0.460. The maximum absolute atomic E-state index is 13.8. The predicted molar refractivity (Wildman–Crippen MR) is 109 cm³/mol. The van der Waals surface area contributed by atoms with Crippen LogP contribution in [0.5, 0.6) is 5.75 Å². The number of rotatable bonds is 4. The molecule has 2 N–H and O–H groups in total. The molecule has 2 aromatic heterocycles. The third-order valence-corrected chi connectivity index (χ3v) is 6.37. The molecule has 0 bridgehead atoms. The first-order chi connectivity index (χ1) is 14.3. The van der Waals surface area contributed by atoms with Crippen LogP contribution in [0.3, 0.4) is 0 Å². The van der Waals surface area contributed by atoms with Gasteiger partial charge in [-0.15, -0.1) is 0 Å². The van der Waals surface area contributed by atoms with E-state index in [1.807, 2.05) is 13.8 Å². The van der Waals surface area contributed by atoms with Crippen molar-refractivity contribution in [3.8, 4) is 5.75 Å². The Labute approximate surface area is 177 Å². The predicted octanol–water partition coefficient (Wildman–Crippen LogP) is 3.16. The smallest absolute Gasteiger partial charge is 0.258 e. The van der Waals surface area contributed by atoms with E-state index < -0.39 is 5.82 Å². The van der Waals surface area contributed by atoms with Crippen molar-refractivity contribution in [2.24, 2.45) is 5.73 Å². The van der Waals surface area contributed by atoms with Crippen molar-refractivity contribution in [1.29, 1.82) is 0 Å². The Morgan fingerprint density at radius 3 is 2.83 bits per heavy atom. The zero-order valence-electron chi connectivity index (χ0n) is 16.7. The highest BCUT2D eigenvalue weighted by Crippen LogP contribution is 2.35. The first-order valence-electron chi connectivity index (χ1n) is 9.79. The van der Waals surface area contributed by atoms with Gasteiger partial charge in [0.15, 0.2) is 5.65 Å². The van der Waals surface area contributed by atoms with E-state index in [4.69, 9.17) is 22.1 Å². The summed E-state index contributed by atoms with van der Waals surface area (Å²) in [7, 11) is 0.